The molecule has 0 saturated heterocycles. The average Bonchev–Trinajstić information content (AvgIpc) is 2.41. The summed E-state index contributed by atoms with van der Waals surface area (Å²) in [4.78, 5) is 0.159. The summed E-state index contributed by atoms with van der Waals surface area (Å²) >= 11 is 3.37. The summed E-state index contributed by atoms with van der Waals surface area (Å²) in [7, 11) is -2.12. The Labute approximate surface area is 126 Å². The molecule has 0 unspecified atom stereocenters. The molecule has 0 aliphatic carbocycles. The SMILES string of the molecule is CNS(=O)(=O)c1ccc(N)c(Nc2cccc(Br)c2)c1. The Morgan fingerprint density at radius 3 is 2.55 bits per heavy atom. The van der Waals surface area contributed by atoms with Crippen LogP contribution in [0.1, 0.15) is 0 Å². The predicted molar refractivity (Wildman–Crippen MR) is 84.5 cm³/mol. The molecular weight excluding hydrogens is 342 g/mol. The standard InChI is InChI=1S/C13H14BrN3O2S/c1-16-20(18,19)11-5-6-12(15)13(8-11)17-10-4-2-3-9(14)7-10/h2-8,16-17H,15H2,1H3. The Morgan fingerprint density at radius 2 is 1.90 bits per heavy atom. The monoisotopic (exact) mass is 355 g/mol. The van der Waals surface area contributed by atoms with Crippen molar-refractivity contribution in [3.63, 3.8) is 0 Å². The van der Waals surface area contributed by atoms with Gasteiger partial charge in [-0.05, 0) is 43.4 Å². The number of halogens is 1. The van der Waals surface area contributed by atoms with Gasteiger partial charge in [0.05, 0.1) is 16.3 Å². The number of sulfonamides is 1. The summed E-state index contributed by atoms with van der Waals surface area (Å²) in [5.74, 6) is 0. The van der Waals surface area contributed by atoms with Gasteiger partial charge in [-0.3, -0.25) is 0 Å². The van der Waals surface area contributed by atoms with Crippen LogP contribution in [0.4, 0.5) is 17.1 Å². The maximum atomic E-state index is 11.8. The molecule has 2 aromatic rings. The lowest BCUT2D eigenvalue weighted by atomic mass is 10.2. The zero-order valence-corrected chi connectivity index (χ0v) is 13.1. The number of nitrogens with one attached hydrogen (secondary N) is 2. The number of nitrogen functional groups attached to an aromatic ring is 1. The van der Waals surface area contributed by atoms with Crippen molar-refractivity contribution < 1.29 is 8.42 Å². The highest BCUT2D eigenvalue weighted by molar-refractivity contribution is 9.10. The minimum absolute atomic E-state index is 0.159. The van der Waals surface area contributed by atoms with E-state index in [1.807, 2.05) is 24.3 Å². The second-order valence-corrected chi connectivity index (χ2v) is 6.89. The van der Waals surface area contributed by atoms with Crippen molar-refractivity contribution in [2.75, 3.05) is 18.1 Å². The van der Waals surface area contributed by atoms with Crippen molar-refractivity contribution >= 4 is 43.0 Å². The number of hydrogen-bond donors (Lipinski definition) is 3. The molecule has 7 heteroatoms. The molecule has 0 saturated carbocycles. The van der Waals surface area contributed by atoms with E-state index in [1.165, 1.54) is 19.2 Å². The topological polar surface area (TPSA) is 84.2 Å². The van der Waals surface area contributed by atoms with E-state index >= 15 is 0 Å². The molecule has 0 amide bonds. The molecule has 0 radical (unpaired) electrons. The van der Waals surface area contributed by atoms with Crippen LogP contribution in [-0.4, -0.2) is 15.5 Å². The van der Waals surface area contributed by atoms with Gasteiger partial charge in [-0.15, -0.1) is 0 Å². The maximum Gasteiger partial charge on any atom is 0.240 e. The fourth-order valence-electron chi connectivity index (χ4n) is 1.65. The van der Waals surface area contributed by atoms with Gasteiger partial charge in [0.1, 0.15) is 0 Å². The summed E-state index contributed by atoms with van der Waals surface area (Å²) in [6.07, 6.45) is 0. The molecule has 2 aromatic carbocycles. The largest absolute Gasteiger partial charge is 0.397 e. The molecule has 0 aliphatic rings. The molecule has 0 heterocycles. The Kier molecular flexibility index (Phi) is 4.32. The van der Waals surface area contributed by atoms with Gasteiger partial charge in [0, 0.05) is 10.2 Å². The third kappa shape index (κ3) is 3.30. The molecule has 0 bridgehead atoms. The second kappa shape index (κ2) is 5.82. The van der Waals surface area contributed by atoms with E-state index in [9.17, 15) is 8.42 Å². The van der Waals surface area contributed by atoms with Crippen molar-refractivity contribution in [3.05, 3.63) is 46.9 Å². The lowest BCUT2D eigenvalue weighted by Crippen LogP contribution is -2.18. The van der Waals surface area contributed by atoms with Crippen LogP contribution >= 0.6 is 15.9 Å². The van der Waals surface area contributed by atoms with Gasteiger partial charge in [0.15, 0.2) is 0 Å². The van der Waals surface area contributed by atoms with Gasteiger partial charge in [-0.25, -0.2) is 13.1 Å². The summed E-state index contributed by atoms with van der Waals surface area (Å²) in [6, 6.07) is 12.0. The van der Waals surface area contributed by atoms with Gasteiger partial charge in [0.2, 0.25) is 10.0 Å². The van der Waals surface area contributed by atoms with E-state index in [2.05, 4.69) is 26.0 Å². The highest BCUT2D eigenvalue weighted by atomic mass is 79.9. The first-order chi connectivity index (χ1) is 9.42. The molecule has 4 N–H and O–H groups in total. The first-order valence-corrected chi connectivity index (χ1v) is 8.05. The number of nitrogens with two attached hydrogens (primary N) is 1. The molecular formula is C13H14BrN3O2S. The fraction of sp³-hybridized carbons (Fsp3) is 0.0769. The van der Waals surface area contributed by atoms with E-state index in [0.29, 0.717) is 11.4 Å². The summed E-state index contributed by atoms with van der Waals surface area (Å²) in [5.41, 5.74) is 7.69. The van der Waals surface area contributed by atoms with Gasteiger partial charge in [-0.2, -0.15) is 0 Å². The molecule has 0 aliphatic heterocycles. The lowest BCUT2D eigenvalue weighted by Gasteiger charge is -2.11. The number of hydrogen-bond acceptors (Lipinski definition) is 4. The highest BCUT2D eigenvalue weighted by Gasteiger charge is 2.13. The summed E-state index contributed by atoms with van der Waals surface area (Å²) in [5, 5.41) is 3.10. The van der Waals surface area contributed by atoms with Gasteiger partial charge in [0.25, 0.3) is 0 Å². The second-order valence-electron chi connectivity index (χ2n) is 4.09. The zero-order chi connectivity index (χ0) is 14.8. The van der Waals surface area contributed by atoms with Crippen molar-refractivity contribution in [2.45, 2.75) is 4.90 Å². The number of rotatable bonds is 4. The van der Waals surface area contributed by atoms with E-state index in [1.54, 1.807) is 6.07 Å². The Morgan fingerprint density at radius 1 is 1.15 bits per heavy atom. The maximum absolute atomic E-state index is 11.8. The number of benzene rings is 2. The first-order valence-electron chi connectivity index (χ1n) is 5.78. The molecule has 20 heavy (non-hydrogen) atoms. The van der Waals surface area contributed by atoms with Crippen LogP contribution in [0.15, 0.2) is 51.8 Å². The van der Waals surface area contributed by atoms with Crippen LogP contribution < -0.4 is 15.8 Å². The van der Waals surface area contributed by atoms with Crippen LogP contribution in [0.5, 0.6) is 0 Å². The molecule has 106 valence electrons. The molecule has 0 fully saturated rings. The minimum Gasteiger partial charge on any atom is -0.397 e. The minimum atomic E-state index is -3.49. The summed E-state index contributed by atoms with van der Waals surface area (Å²) < 4.78 is 26.8. The third-order valence-electron chi connectivity index (χ3n) is 2.71. The molecule has 0 atom stereocenters. The van der Waals surface area contributed by atoms with Gasteiger partial charge in [-0.1, -0.05) is 22.0 Å². The molecule has 0 spiro atoms. The van der Waals surface area contributed by atoms with Crippen molar-refractivity contribution in [1.29, 1.82) is 0 Å². The van der Waals surface area contributed by atoms with Crippen molar-refractivity contribution in [2.24, 2.45) is 0 Å². The molecule has 5 nitrogen and oxygen atoms in total. The predicted octanol–water partition coefficient (Wildman–Crippen LogP) is 2.68. The zero-order valence-electron chi connectivity index (χ0n) is 10.7. The fourth-order valence-corrected chi connectivity index (χ4v) is 2.81. The van der Waals surface area contributed by atoms with Gasteiger partial charge >= 0.3 is 0 Å². The van der Waals surface area contributed by atoms with Gasteiger partial charge < -0.3 is 11.1 Å². The normalized spacial score (nSPS) is 11.3. The average molecular weight is 356 g/mol. The third-order valence-corrected chi connectivity index (χ3v) is 4.61. The quantitative estimate of drug-likeness (QED) is 0.736. The number of anilines is 3. The van der Waals surface area contributed by atoms with Crippen LogP contribution in [-0.2, 0) is 10.0 Å². The first kappa shape index (κ1) is 14.8. The Balaban J connectivity index is 2.39. The van der Waals surface area contributed by atoms with Crippen LogP contribution in [0.2, 0.25) is 0 Å². The van der Waals surface area contributed by atoms with Crippen LogP contribution in [0, 0.1) is 0 Å². The summed E-state index contributed by atoms with van der Waals surface area (Å²) in [6.45, 7) is 0. The smallest absolute Gasteiger partial charge is 0.240 e. The van der Waals surface area contributed by atoms with Crippen molar-refractivity contribution in [1.82, 2.24) is 4.72 Å². The molecule has 2 rings (SSSR count). The Hall–Kier alpha value is -1.57. The van der Waals surface area contributed by atoms with Crippen LogP contribution in [0.3, 0.4) is 0 Å². The van der Waals surface area contributed by atoms with Crippen molar-refractivity contribution in [3.8, 4) is 0 Å². The van der Waals surface area contributed by atoms with E-state index < -0.39 is 10.0 Å². The van der Waals surface area contributed by atoms with E-state index in [4.69, 9.17) is 5.73 Å². The van der Waals surface area contributed by atoms with E-state index in [0.717, 1.165) is 10.2 Å². The molecule has 0 aromatic heterocycles. The Bertz CT molecular complexity index is 732. The lowest BCUT2D eigenvalue weighted by molar-refractivity contribution is 0.588. The van der Waals surface area contributed by atoms with Crippen LogP contribution in [0.25, 0.3) is 0 Å². The van der Waals surface area contributed by atoms with E-state index in [-0.39, 0.29) is 4.90 Å². The highest BCUT2D eigenvalue weighted by Crippen LogP contribution is 2.27.